The van der Waals surface area contributed by atoms with Crippen molar-refractivity contribution in [2.24, 2.45) is 0 Å². The number of nitrogens with one attached hydrogen (secondary N) is 2. The highest BCUT2D eigenvalue weighted by Gasteiger charge is 2.07. The highest BCUT2D eigenvalue weighted by molar-refractivity contribution is 6.27. The van der Waals surface area contributed by atoms with Gasteiger partial charge in [0.1, 0.15) is 5.88 Å². The summed E-state index contributed by atoms with van der Waals surface area (Å²) >= 11 is 5.31. The molecule has 0 saturated carbocycles. The van der Waals surface area contributed by atoms with Gasteiger partial charge >= 0.3 is 5.97 Å². The Labute approximate surface area is 127 Å². The molecule has 114 valence electrons. The lowest BCUT2D eigenvalue weighted by Crippen LogP contribution is -2.28. The molecule has 2 amide bonds. The standard InChI is InChI=1S/C14H17ClN2O4/c1-2-21-14(20)10-3-5-11(6-4-10)17-12(18)7-8-16-13(19)9-15/h3-6H,2,7-9H2,1H3,(H,16,19)(H,17,18). The van der Waals surface area contributed by atoms with Crippen LogP contribution in [0.3, 0.4) is 0 Å². The van der Waals surface area contributed by atoms with Gasteiger partial charge in [-0.15, -0.1) is 11.6 Å². The van der Waals surface area contributed by atoms with E-state index in [1.165, 1.54) is 0 Å². The lowest BCUT2D eigenvalue weighted by atomic mass is 10.2. The molecule has 0 radical (unpaired) electrons. The van der Waals surface area contributed by atoms with E-state index in [2.05, 4.69) is 10.6 Å². The minimum Gasteiger partial charge on any atom is -0.462 e. The van der Waals surface area contributed by atoms with Gasteiger partial charge in [-0.25, -0.2) is 4.79 Å². The van der Waals surface area contributed by atoms with E-state index in [1.807, 2.05) is 0 Å². The highest BCUT2D eigenvalue weighted by Crippen LogP contribution is 2.10. The summed E-state index contributed by atoms with van der Waals surface area (Å²) in [4.78, 5) is 34.0. The van der Waals surface area contributed by atoms with Gasteiger partial charge in [0.2, 0.25) is 11.8 Å². The highest BCUT2D eigenvalue weighted by atomic mass is 35.5. The van der Waals surface area contributed by atoms with Crippen LogP contribution >= 0.6 is 11.6 Å². The van der Waals surface area contributed by atoms with Crippen LogP contribution in [0.15, 0.2) is 24.3 Å². The summed E-state index contributed by atoms with van der Waals surface area (Å²) in [6, 6.07) is 6.37. The first-order chi connectivity index (χ1) is 10.1. The summed E-state index contributed by atoms with van der Waals surface area (Å²) in [5, 5.41) is 5.15. The number of hydrogen-bond acceptors (Lipinski definition) is 4. The molecular formula is C14H17ClN2O4. The fraction of sp³-hybridized carbons (Fsp3) is 0.357. The van der Waals surface area contributed by atoms with Crippen molar-refractivity contribution in [2.75, 3.05) is 24.3 Å². The summed E-state index contributed by atoms with van der Waals surface area (Å²) in [5.41, 5.74) is 0.987. The van der Waals surface area contributed by atoms with Gasteiger partial charge in [-0.3, -0.25) is 9.59 Å². The SMILES string of the molecule is CCOC(=O)c1ccc(NC(=O)CCNC(=O)CCl)cc1. The van der Waals surface area contributed by atoms with E-state index < -0.39 is 5.97 Å². The Kier molecular flexibility index (Phi) is 7.25. The van der Waals surface area contributed by atoms with Gasteiger partial charge < -0.3 is 15.4 Å². The lowest BCUT2D eigenvalue weighted by molar-refractivity contribution is -0.119. The maximum atomic E-state index is 11.6. The summed E-state index contributed by atoms with van der Waals surface area (Å²) < 4.78 is 4.86. The molecule has 0 aliphatic rings. The van der Waals surface area contributed by atoms with Gasteiger partial charge in [0, 0.05) is 18.7 Å². The lowest BCUT2D eigenvalue weighted by Gasteiger charge is -2.07. The zero-order valence-corrected chi connectivity index (χ0v) is 12.4. The second-order valence-electron chi connectivity index (χ2n) is 4.08. The molecule has 0 aliphatic heterocycles. The van der Waals surface area contributed by atoms with Crippen molar-refractivity contribution >= 4 is 35.1 Å². The fourth-order valence-corrected chi connectivity index (χ4v) is 1.58. The van der Waals surface area contributed by atoms with Crippen LogP contribution in [-0.2, 0) is 14.3 Å². The first-order valence-corrected chi connectivity index (χ1v) is 7.00. The van der Waals surface area contributed by atoms with Crippen LogP contribution in [0.2, 0.25) is 0 Å². The van der Waals surface area contributed by atoms with E-state index in [9.17, 15) is 14.4 Å². The topological polar surface area (TPSA) is 84.5 Å². The third-order valence-corrected chi connectivity index (χ3v) is 2.72. The molecule has 1 rings (SSSR count). The number of anilines is 1. The van der Waals surface area contributed by atoms with Crippen molar-refractivity contribution in [3.8, 4) is 0 Å². The van der Waals surface area contributed by atoms with Crippen LogP contribution < -0.4 is 10.6 Å². The van der Waals surface area contributed by atoms with E-state index in [4.69, 9.17) is 16.3 Å². The predicted octanol–water partition coefficient (Wildman–Crippen LogP) is 1.55. The molecule has 2 N–H and O–H groups in total. The molecule has 1 aromatic rings. The van der Waals surface area contributed by atoms with Crippen molar-refractivity contribution in [3.63, 3.8) is 0 Å². The van der Waals surface area contributed by atoms with Crippen molar-refractivity contribution in [3.05, 3.63) is 29.8 Å². The van der Waals surface area contributed by atoms with Crippen LogP contribution in [0.5, 0.6) is 0 Å². The van der Waals surface area contributed by atoms with Crippen LogP contribution in [0.25, 0.3) is 0 Å². The molecule has 0 atom stereocenters. The zero-order chi connectivity index (χ0) is 15.7. The second-order valence-corrected chi connectivity index (χ2v) is 4.35. The number of amides is 2. The number of carbonyl (C=O) groups excluding carboxylic acids is 3. The molecule has 1 aromatic carbocycles. The Bertz CT molecular complexity index is 502. The number of esters is 1. The van der Waals surface area contributed by atoms with Gasteiger partial charge in [0.25, 0.3) is 0 Å². The largest absolute Gasteiger partial charge is 0.462 e. The predicted molar refractivity (Wildman–Crippen MR) is 79.4 cm³/mol. The Balaban J connectivity index is 2.42. The first kappa shape index (κ1) is 17.0. The number of rotatable bonds is 7. The number of benzene rings is 1. The molecule has 0 saturated heterocycles. The van der Waals surface area contributed by atoms with Crippen LogP contribution in [0, 0.1) is 0 Å². The van der Waals surface area contributed by atoms with Crippen molar-refractivity contribution < 1.29 is 19.1 Å². The summed E-state index contributed by atoms with van der Waals surface area (Å²) in [5.74, 6) is -1.09. The van der Waals surface area contributed by atoms with Crippen molar-refractivity contribution in [1.82, 2.24) is 5.32 Å². The molecule has 0 bridgehead atoms. The van der Waals surface area contributed by atoms with Crippen LogP contribution in [0.4, 0.5) is 5.69 Å². The number of alkyl halides is 1. The van der Waals surface area contributed by atoms with E-state index in [0.717, 1.165) is 0 Å². The monoisotopic (exact) mass is 312 g/mol. The van der Waals surface area contributed by atoms with E-state index in [1.54, 1.807) is 31.2 Å². The molecule has 0 heterocycles. The molecular weight excluding hydrogens is 296 g/mol. The summed E-state index contributed by atoms with van der Waals surface area (Å²) in [7, 11) is 0. The van der Waals surface area contributed by atoms with Gasteiger partial charge in [-0.05, 0) is 31.2 Å². The Hall–Kier alpha value is -2.08. The quantitative estimate of drug-likeness (QED) is 0.591. The van der Waals surface area contributed by atoms with E-state index in [0.29, 0.717) is 17.9 Å². The number of carbonyl (C=O) groups is 3. The molecule has 0 fully saturated rings. The average Bonchev–Trinajstić information content (AvgIpc) is 2.48. The minimum atomic E-state index is -0.404. The first-order valence-electron chi connectivity index (χ1n) is 6.46. The third-order valence-electron chi connectivity index (χ3n) is 2.48. The molecule has 7 heteroatoms. The number of hydrogen-bond donors (Lipinski definition) is 2. The normalized spacial score (nSPS) is 9.81. The molecule has 0 aliphatic carbocycles. The smallest absolute Gasteiger partial charge is 0.338 e. The third kappa shape index (κ3) is 6.27. The van der Waals surface area contributed by atoms with Crippen LogP contribution in [0.1, 0.15) is 23.7 Å². The summed E-state index contributed by atoms with van der Waals surface area (Å²) in [6.45, 7) is 2.26. The Morgan fingerprint density at radius 2 is 1.81 bits per heavy atom. The molecule has 0 spiro atoms. The van der Waals surface area contributed by atoms with Crippen LogP contribution in [-0.4, -0.2) is 36.8 Å². The van der Waals surface area contributed by atoms with Gasteiger partial charge in [-0.1, -0.05) is 0 Å². The molecule has 0 unspecified atom stereocenters. The van der Waals surface area contributed by atoms with Gasteiger partial charge in [0.15, 0.2) is 0 Å². The molecule has 21 heavy (non-hydrogen) atoms. The van der Waals surface area contributed by atoms with Crippen molar-refractivity contribution in [1.29, 1.82) is 0 Å². The Morgan fingerprint density at radius 1 is 1.14 bits per heavy atom. The Morgan fingerprint density at radius 3 is 2.38 bits per heavy atom. The number of halogens is 1. The maximum Gasteiger partial charge on any atom is 0.338 e. The molecule has 0 aromatic heterocycles. The van der Waals surface area contributed by atoms with Gasteiger partial charge in [-0.2, -0.15) is 0 Å². The zero-order valence-electron chi connectivity index (χ0n) is 11.6. The fourth-order valence-electron chi connectivity index (χ4n) is 1.49. The summed E-state index contributed by atoms with van der Waals surface area (Å²) in [6.07, 6.45) is 0.141. The van der Waals surface area contributed by atoms with Gasteiger partial charge in [0.05, 0.1) is 12.2 Å². The van der Waals surface area contributed by atoms with E-state index in [-0.39, 0.29) is 30.7 Å². The van der Waals surface area contributed by atoms with Crippen molar-refractivity contribution in [2.45, 2.75) is 13.3 Å². The number of ether oxygens (including phenoxy) is 1. The average molecular weight is 313 g/mol. The minimum absolute atomic E-state index is 0.128. The van der Waals surface area contributed by atoms with E-state index >= 15 is 0 Å². The molecule has 6 nitrogen and oxygen atoms in total. The second kappa shape index (κ2) is 8.97. The maximum absolute atomic E-state index is 11.6.